The minimum atomic E-state index is -0.251. The number of fused-ring (bicyclic) bond motifs is 1. The van der Waals surface area contributed by atoms with Gasteiger partial charge in [0.05, 0.1) is 12.0 Å². The first-order valence-corrected chi connectivity index (χ1v) is 9.20. The summed E-state index contributed by atoms with van der Waals surface area (Å²) in [5.74, 6) is 0.370. The zero-order chi connectivity index (χ0) is 19.5. The minimum absolute atomic E-state index is 0.150. The lowest BCUT2D eigenvalue weighted by Crippen LogP contribution is -2.07. The monoisotopic (exact) mass is 373 g/mol. The average Bonchev–Trinajstić information content (AvgIpc) is 2.69. The highest BCUT2D eigenvalue weighted by Gasteiger charge is 2.10. The molecule has 3 nitrogen and oxygen atoms in total. The minimum Gasteiger partial charge on any atom is -0.493 e. The summed E-state index contributed by atoms with van der Waals surface area (Å²) in [5.41, 5.74) is 3.94. The van der Waals surface area contributed by atoms with Crippen LogP contribution in [-0.4, -0.2) is 11.6 Å². The maximum absolute atomic E-state index is 13.3. The predicted molar refractivity (Wildman–Crippen MR) is 110 cm³/mol. The van der Waals surface area contributed by atoms with E-state index in [0.29, 0.717) is 24.2 Å². The van der Waals surface area contributed by atoms with Crippen molar-refractivity contribution < 1.29 is 9.13 Å². The summed E-state index contributed by atoms with van der Waals surface area (Å²) in [4.78, 5) is 15.2. The van der Waals surface area contributed by atoms with E-state index in [4.69, 9.17) is 4.74 Å². The molecule has 0 aliphatic rings. The van der Waals surface area contributed by atoms with Gasteiger partial charge in [-0.25, -0.2) is 4.39 Å². The highest BCUT2D eigenvalue weighted by molar-refractivity contribution is 5.97. The largest absolute Gasteiger partial charge is 0.493 e. The Morgan fingerprint density at radius 2 is 1.79 bits per heavy atom. The fraction of sp³-hybridized carbons (Fsp3) is 0.125. The Bertz CT molecular complexity index is 1200. The Labute approximate surface area is 162 Å². The van der Waals surface area contributed by atoms with Gasteiger partial charge in [0, 0.05) is 18.2 Å². The fourth-order valence-electron chi connectivity index (χ4n) is 3.41. The molecule has 1 aromatic heterocycles. The molecule has 0 spiro atoms. The lowest BCUT2D eigenvalue weighted by Gasteiger charge is -2.11. The van der Waals surface area contributed by atoms with Gasteiger partial charge in [-0.2, -0.15) is 0 Å². The zero-order valence-corrected chi connectivity index (χ0v) is 15.5. The van der Waals surface area contributed by atoms with Crippen molar-refractivity contribution in [3.05, 3.63) is 100 Å². The molecule has 0 unspecified atom stereocenters. The Morgan fingerprint density at radius 1 is 0.929 bits per heavy atom. The highest BCUT2D eigenvalue weighted by Crippen LogP contribution is 2.30. The third-order valence-electron chi connectivity index (χ3n) is 4.86. The number of benzene rings is 3. The zero-order valence-electron chi connectivity index (χ0n) is 15.5. The van der Waals surface area contributed by atoms with E-state index in [1.807, 2.05) is 36.4 Å². The van der Waals surface area contributed by atoms with Crippen molar-refractivity contribution in [1.82, 2.24) is 4.98 Å². The fourth-order valence-corrected chi connectivity index (χ4v) is 3.41. The molecule has 28 heavy (non-hydrogen) atoms. The van der Waals surface area contributed by atoms with Crippen LogP contribution in [0.4, 0.5) is 4.39 Å². The van der Waals surface area contributed by atoms with Crippen LogP contribution < -0.4 is 10.3 Å². The maximum Gasteiger partial charge on any atom is 0.255 e. The normalized spacial score (nSPS) is 10.9. The van der Waals surface area contributed by atoms with Crippen LogP contribution in [0, 0.1) is 12.7 Å². The first-order chi connectivity index (χ1) is 13.6. The topological polar surface area (TPSA) is 42.1 Å². The number of rotatable bonds is 5. The lowest BCUT2D eigenvalue weighted by atomic mass is 9.97. The molecule has 140 valence electrons. The van der Waals surface area contributed by atoms with Gasteiger partial charge < -0.3 is 9.72 Å². The van der Waals surface area contributed by atoms with Gasteiger partial charge in [-0.15, -0.1) is 0 Å². The van der Waals surface area contributed by atoms with E-state index in [0.717, 1.165) is 27.6 Å². The number of ether oxygens (including phenoxy) is 1. The summed E-state index contributed by atoms with van der Waals surface area (Å²) in [6, 6.07) is 20.1. The van der Waals surface area contributed by atoms with Crippen LogP contribution in [0.25, 0.3) is 21.9 Å². The number of aromatic nitrogens is 1. The molecule has 0 saturated carbocycles. The molecule has 0 aliphatic carbocycles. The highest BCUT2D eigenvalue weighted by atomic mass is 19.1. The third-order valence-corrected chi connectivity index (χ3v) is 4.86. The van der Waals surface area contributed by atoms with Crippen molar-refractivity contribution in [3.63, 3.8) is 0 Å². The number of halogens is 1. The molecule has 0 saturated heterocycles. The van der Waals surface area contributed by atoms with E-state index >= 15 is 0 Å². The molecule has 0 bridgehead atoms. The molecule has 4 heteroatoms. The Balaban J connectivity index is 1.61. The van der Waals surface area contributed by atoms with Gasteiger partial charge in [0.2, 0.25) is 0 Å². The van der Waals surface area contributed by atoms with Crippen LogP contribution in [0.2, 0.25) is 0 Å². The summed E-state index contributed by atoms with van der Waals surface area (Å²) in [7, 11) is 0. The molecular weight excluding hydrogens is 353 g/mol. The lowest BCUT2D eigenvalue weighted by molar-refractivity contribution is 0.322. The van der Waals surface area contributed by atoms with Crippen molar-refractivity contribution in [1.29, 1.82) is 0 Å². The van der Waals surface area contributed by atoms with E-state index in [1.54, 1.807) is 18.3 Å². The van der Waals surface area contributed by atoms with Crippen molar-refractivity contribution in [2.75, 3.05) is 6.61 Å². The van der Waals surface area contributed by atoms with Crippen LogP contribution in [0.15, 0.2) is 77.7 Å². The number of H-pyrrole nitrogens is 1. The number of aromatic amines is 1. The molecule has 0 aliphatic heterocycles. The van der Waals surface area contributed by atoms with Crippen LogP contribution in [0.5, 0.6) is 5.75 Å². The quantitative estimate of drug-likeness (QED) is 0.518. The predicted octanol–water partition coefficient (Wildman–Crippen LogP) is 5.26. The Kier molecular flexibility index (Phi) is 4.94. The summed E-state index contributed by atoms with van der Waals surface area (Å²) in [5, 5.41) is 1.47. The van der Waals surface area contributed by atoms with Crippen LogP contribution in [-0.2, 0) is 6.42 Å². The third kappa shape index (κ3) is 3.67. The average molecular weight is 373 g/mol. The van der Waals surface area contributed by atoms with Gasteiger partial charge in [0.1, 0.15) is 11.6 Å². The molecule has 1 heterocycles. The van der Waals surface area contributed by atoms with Crippen LogP contribution in [0.1, 0.15) is 11.1 Å². The van der Waals surface area contributed by atoms with Crippen molar-refractivity contribution in [2.45, 2.75) is 13.3 Å². The summed E-state index contributed by atoms with van der Waals surface area (Å²) in [6.45, 7) is 2.46. The molecule has 0 fully saturated rings. The maximum atomic E-state index is 13.3. The van der Waals surface area contributed by atoms with E-state index in [2.05, 4.69) is 18.0 Å². The molecule has 4 aromatic rings. The smallest absolute Gasteiger partial charge is 0.255 e. The molecule has 3 aromatic carbocycles. The van der Waals surface area contributed by atoms with Gasteiger partial charge in [-0.3, -0.25) is 4.79 Å². The second kappa shape index (κ2) is 7.69. The van der Waals surface area contributed by atoms with Gasteiger partial charge in [-0.1, -0.05) is 36.4 Å². The van der Waals surface area contributed by atoms with Gasteiger partial charge in [0.15, 0.2) is 0 Å². The number of pyridine rings is 1. The first kappa shape index (κ1) is 18.0. The van der Waals surface area contributed by atoms with E-state index in [9.17, 15) is 9.18 Å². The first-order valence-electron chi connectivity index (χ1n) is 9.20. The summed E-state index contributed by atoms with van der Waals surface area (Å²) >= 11 is 0. The van der Waals surface area contributed by atoms with Crippen molar-refractivity contribution >= 4 is 10.8 Å². The number of hydrogen-bond donors (Lipinski definition) is 1. The van der Waals surface area contributed by atoms with Gasteiger partial charge in [0.25, 0.3) is 5.56 Å². The summed E-state index contributed by atoms with van der Waals surface area (Å²) in [6.07, 6.45) is 2.35. The van der Waals surface area contributed by atoms with Gasteiger partial charge in [-0.05, 0) is 59.3 Å². The molecule has 0 radical (unpaired) electrons. The van der Waals surface area contributed by atoms with Crippen LogP contribution in [0.3, 0.4) is 0 Å². The van der Waals surface area contributed by atoms with E-state index in [-0.39, 0.29) is 11.4 Å². The van der Waals surface area contributed by atoms with Crippen molar-refractivity contribution in [2.24, 2.45) is 0 Å². The SMILES string of the molecule is Cc1ccccc1-c1c[nH]c(=O)c2cc(OCCc3cccc(F)c3)ccc12. The summed E-state index contributed by atoms with van der Waals surface area (Å²) < 4.78 is 19.1. The Morgan fingerprint density at radius 3 is 2.61 bits per heavy atom. The van der Waals surface area contributed by atoms with E-state index < -0.39 is 0 Å². The van der Waals surface area contributed by atoms with Crippen molar-refractivity contribution in [3.8, 4) is 16.9 Å². The number of aryl methyl sites for hydroxylation is 1. The second-order valence-electron chi connectivity index (χ2n) is 6.78. The standard InChI is InChI=1S/C24H20FNO2/c1-16-5-2-3-8-20(16)23-15-26-24(27)22-14-19(9-10-21(22)23)28-12-11-17-6-4-7-18(25)13-17/h2-10,13-15H,11-12H2,1H3,(H,26,27). The second-order valence-corrected chi connectivity index (χ2v) is 6.78. The molecule has 1 N–H and O–H groups in total. The molecular formula is C24H20FNO2. The molecule has 4 rings (SSSR count). The Hall–Kier alpha value is -3.40. The van der Waals surface area contributed by atoms with Gasteiger partial charge >= 0.3 is 0 Å². The molecule has 0 amide bonds. The number of nitrogens with one attached hydrogen (secondary N) is 1. The van der Waals surface area contributed by atoms with Crippen LogP contribution >= 0.6 is 0 Å². The van der Waals surface area contributed by atoms with E-state index in [1.165, 1.54) is 12.1 Å². The molecule has 0 atom stereocenters. The number of hydrogen-bond acceptors (Lipinski definition) is 2.